The molecule has 1 aliphatic rings. The van der Waals surface area contributed by atoms with Gasteiger partial charge in [-0.2, -0.15) is 5.10 Å². The molecule has 1 N–H and O–H groups in total. The molecule has 0 saturated carbocycles. The minimum absolute atomic E-state index is 0.0786. The Morgan fingerprint density at radius 2 is 2.04 bits per heavy atom. The first-order valence-electron chi connectivity index (χ1n) is 9.31. The first kappa shape index (κ1) is 18.1. The number of ether oxygens (including phenoxy) is 2. The van der Waals surface area contributed by atoms with Crippen LogP contribution in [0, 0.1) is 13.8 Å². The van der Waals surface area contributed by atoms with Crippen LogP contribution in [0.15, 0.2) is 48.7 Å². The number of aromatic nitrogens is 2. The molecule has 1 atom stereocenters. The summed E-state index contributed by atoms with van der Waals surface area (Å²) in [6.45, 7) is 4.49. The van der Waals surface area contributed by atoms with Crippen LogP contribution in [0.4, 0.5) is 0 Å². The zero-order valence-electron chi connectivity index (χ0n) is 16.2. The standard InChI is InChI=1S/C22H23N3O3/c1-14-7-6-8-16-18(11-12-28-21(14)16)24-22(26)17-13-23-25(15(17)2)19-9-4-5-10-20(19)27-3/h4-10,13,18H,11-12H2,1-3H3,(H,24,26)/t18-/m0/s1. The van der Waals surface area contributed by atoms with Crippen molar-refractivity contribution < 1.29 is 14.3 Å². The van der Waals surface area contributed by atoms with E-state index >= 15 is 0 Å². The van der Waals surface area contributed by atoms with E-state index in [1.165, 1.54) is 0 Å². The quantitative estimate of drug-likeness (QED) is 0.752. The molecule has 0 spiro atoms. The molecule has 0 aliphatic carbocycles. The Hall–Kier alpha value is -3.28. The van der Waals surface area contributed by atoms with Gasteiger partial charge in [-0.3, -0.25) is 4.79 Å². The minimum Gasteiger partial charge on any atom is -0.494 e. The van der Waals surface area contributed by atoms with E-state index in [9.17, 15) is 4.79 Å². The SMILES string of the molecule is COc1ccccc1-n1ncc(C(=O)N[C@H]2CCOc3c(C)cccc32)c1C. The summed E-state index contributed by atoms with van der Waals surface area (Å²) in [5.74, 6) is 1.44. The maximum absolute atomic E-state index is 13.0. The molecule has 1 aromatic heterocycles. The predicted octanol–water partition coefficient (Wildman–Crippen LogP) is 3.75. The lowest BCUT2D eigenvalue weighted by molar-refractivity contribution is 0.0924. The van der Waals surface area contributed by atoms with Gasteiger partial charge in [-0.1, -0.05) is 30.3 Å². The van der Waals surface area contributed by atoms with Crippen molar-refractivity contribution in [3.05, 3.63) is 71.0 Å². The normalized spacial score (nSPS) is 15.5. The van der Waals surface area contributed by atoms with Gasteiger partial charge in [0.15, 0.2) is 0 Å². The summed E-state index contributed by atoms with van der Waals surface area (Å²) < 4.78 is 13.0. The zero-order valence-corrected chi connectivity index (χ0v) is 16.2. The lowest BCUT2D eigenvalue weighted by atomic mass is 9.97. The minimum atomic E-state index is -0.141. The lowest BCUT2D eigenvalue weighted by Crippen LogP contribution is -2.32. The van der Waals surface area contributed by atoms with Crippen molar-refractivity contribution in [2.24, 2.45) is 0 Å². The van der Waals surface area contributed by atoms with E-state index in [4.69, 9.17) is 9.47 Å². The highest BCUT2D eigenvalue weighted by Gasteiger charge is 2.26. The van der Waals surface area contributed by atoms with Crippen molar-refractivity contribution in [3.63, 3.8) is 0 Å². The van der Waals surface area contributed by atoms with Crippen LogP contribution in [0.3, 0.4) is 0 Å². The smallest absolute Gasteiger partial charge is 0.255 e. The van der Waals surface area contributed by atoms with E-state index in [1.807, 2.05) is 56.3 Å². The predicted molar refractivity (Wildman–Crippen MR) is 106 cm³/mol. The molecule has 0 bridgehead atoms. The Balaban J connectivity index is 1.61. The Labute approximate surface area is 164 Å². The number of hydrogen-bond donors (Lipinski definition) is 1. The average Bonchev–Trinajstić information content (AvgIpc) is 3.10. The van der Waals surface area contributed by atoms with Gasteiger partial charge in [0.2, 0.25) is 0 Å². The summed E-state index contributed by atoms with van der Waals surface area (Å²) >= 11 is 0. The van der Waals surface area contributed by atoms with Crippen LogP contribution in [0.2, 0.25) is 0 Å². The van der Waals surface area contributed by atoms with Crippen LogP contribution >= 0.6 is 0 Å². The fourth-order valence-electron chi connectivity index (χ4n) is 3.65. The van der Waals surface area contributed by atoms with E-state index in [1.54, 1.807) is 18.0 Å². The van der Waals surface area contributed by atoms with Gasteiger partial charge < -0.3 is 14.8 Å². The molecule has 1 amide bonds. The van der Waals surface area contributed by atoms with E-state index in [0.29, 0.717) is 17.9 Å². The van der Waals surface area contributed by atoms with E-state index in [2.05, 4.69) is 10.4 Å². The highest BCUT2D eigenvalue weighted by Crippen LogP contribution is 2.34. The number of para-hydroxylation sites is 3. The number of aryl methyl sites for hydroxylation is 1. The molecule has 144 valence electrons. The van der Waals surface area contributed by atoms with Crippen LogP contribution < -0.4 is 14.8 Å². The number of benzene rings is 2. The molecule has 0 saturated heterocycles. The fraction of sp³-hybridized carbons (Fsp3) is 0.273. The van der Waals surface area contributed by atoms with Gasteiger partial charge in [0.05, 0.1) is 37.2 Å². The van der Waals surface area contributed by atoms with Crippen molar-refractivity contribution >= 4 is 5.91 Å². The molecular formula is C22H23N3O3. The molecule has 6 heteroatoms. The van der Waals surface area contributed by atoms with E-state index in [-0.39, 0.29) is 11.9 Å². The number of hydrogen-bond acceptors (Lipinski definition) is 4. The van der Waals surface area contributed by atoms with Crippen LogP contribution in [0.25, 0.3) is 5.69 Å². The zero-order chi connectivity index (χ0) is 19.7. The highest BCUT2D eigenvalue weighted by atomic mass is 16.5. The number of nitrogens with one attached hydrogen (secondary N) is 1. The molecule has 4 rings (SSSR count). The average molecular weight is 377 g/mol. The second-order valence-corrected chi connectivity index (χ2v) is 6.88. The number of nitrogens with zero attached hydrogens (tertiary/aromatic N) is 2. The maximum Gasteiger partial charge on any atom is 0.255 e. The number of rotatable bonds is 4. The van der Waals surface area contributed by atoms with Crippen molar-refractivity contribution in [3.8, 4) is 17.2 Å². The number of amides is 1. The van der Waals surface area contributed by atoms with Crippen molar-refractivity contribution in [1.29, 1.82) is 0 Å². The van der Waals surface area contributed by atoms with Gasteiger partial charge in [-0.15, -0.1) is 0 Å². The third kappa shape index (κ3) is 3.11. The van der Waals surface area contributed by atoms with Crippen LogP contribution in [0.1, 0.15) is 39.6 Å². The topological polar surface area (TPSA) is 65.4 Å². The molecule has 28 heavy (non-hydrogen) atoms. The molecule has 0 unspecified atom stereocenters. The molecule has 0 radical (unpaired) electrons. The van der Waals surface area contributed by atoms with E-state index < -0.39 is 0 Å². The van der Waals surface area contributed by atoms with Crippen LogP contribution in [-0.2, 0) is 0 Å². The Bertz CT molecular complexity index is 1030. The third-order valence-corrected chi connectivity index (χ3v) is 5.14. The summed E-state index contributed by atoms with van der Waals surface area (Å²) in [7, 11) is 1.62. The maximum atomic E-state index is 13.0. The lowest BCUT2D eigenvalue weighted by Gasteiger charge is -2.27. The molecule has 1 aliphatic heterocycles. The fourth-order valence-corrected chi connectivity index (χ4v) is 3.65. The molecule has 2 heterocycles. The molecule has 2 aromatic carbocycles. The highest BCUT2D eigenvalue weighted by molar-refractivity contribution is 5.95. The number of carbonyl (C=O) groups excluding carboxylic acids is 1. The van der Waals surface area contributed by atoms with Crippen LogP contribution in [0.5, 0.6) is 11.5 Å². The first-order chi connectivity index (χ1) is 13.6. The molecule has 3 aromatic rings. The largest absolute Gasteiger partial charge is 0.494 e. The summed E-state index contributed by atoms with van der Waals surface area (Å²) in [4.78, 5) is 13.0. The molecular weight excluding hydrogens is 354 g/mol. The number of methoxy groups -OCH3 is 1. The van der Waals surface area contributed by atoms with Gasteiger partial charge in [0, 0.05) is 12.0 Å². The summed E-state index contributed by atoms with van der Waals surface area (Å²) in [6.07, 6.45) is 2.34. The number of fused-ring (bicyclic) bond motifs is 1. The second-order valence-electron chi connectivity index (χ2n) is 6.88. The second kappa shape index (κ2) is 7.38. The van der Waals surface area contributed by atoms with Gasteiger partial charge >= 0.3 is 0 Å². The summed E-state index contributed by atoms with van der Waals surface area (Å²) in [5, 5.41) is 7.57. The number of carbonyl (C=O) groups is 1. The van der Waals surface area contributed by atoms with Gasteiger partial charge in [-0.05, 0) is 31.5 Å². The van der Waals surface area contributed by atoms with Gasteiger partial charge in [0.1, 0.15) is 17.2 Å². The third-order valence-electron chi connectivity index (χ3n) is 5.14. The van der Waals surface area contributed by atoms with Gasteiger partial charge in [-0.25, -0.2) is 4.68 Å². The summed E-state index contributed by atoms with van der Waals surface area (Å²) in [5.41, 5.74) is 4.21. The Kier molecular flexibility index (Phi) is 4.77. The monoisotopic (exact) mass is 377 g/mol. The van der Waals surface area contributed by atoms with E-state index in [0.717, 1.165) is 34.7 Å². The first-order valence-corrected chi connectivity index (χ1v) is 9.31. The van der Waals surface area contributed by atoms with Crippen molar-refractivity contribution in [1.82, 2.24) is 15.1 Å². The van der Waals surface area contributed by atoms with Crippen molar-refractivity contribution in [2.75, 3.05) is 13.7 Å². The Morgan fingerprint density at radius 3 is 2.86 bits per heavy atom. The summed E-state index contributed by atoms with van der Waals surface area (Å²) in [6, 6.07) is 13.6. The van der Waals surface area contributed by atoms with Crippen LogP contribution in [-0.4, -0.2) is 29.4 Å². The van der Waals surface area contributed by atoms with Crippen molar-refractivity contribution in [2.45, 2.75) is 26.3 Å². The van der Waals surface area contributed by atoms with Gasteiger partial charge in [0.25, 0.3) is 5.91 Å². The molecule has 0 fully saturated rings. The molecule has 6 nitrogen and oxygen atoms in total. The Morgan fingerprint density at radius 1 is 1.21 bits per heavy atom.